The minimum atomic E-state index is -0.307. The molecule has 0 radical (unpaired) electrons. The lowest BCUT2D eigenvalue weighted by Gasteiger charge is -2.02. The van der Waals surface area contributed by atoms with E-state index in [0.29, 0.717) is 6.29 Å². The first-order valence-electron chi connectivity index (χ1n) is 3.67. The Labute approximate surface area is 73.3 Å². The average molecular weight is 175 g/mol. The summed E-state index contributed by atoms with van der Waals surface area (Å²) in [6.07, 6.45) is 4.28. The van der Waals surface area contributed by atoms with E-state index >= 15 is 0 Å². The van der Waals surface area contributed by atoms with Gasteiger partial charge in [0.1, 0.15) is 0 Å². The molecule has 0 aromatic carbocycles. The summed E-state index contributed by atoms with van der Waals surface area (Å²) in [6, 6.07) is 0. The first kappa shape index (κ1) is 7.67. The molecular weight excluding hydrogens is 170 g/mol. The van der Waals surface area contributed by atoms with Crippen LogP contribution in [0.2, 0.25) is 0 Å². The number of fused-ring (bicyclic) bond motifs is 1. The first-order valence-corrected chi connectivity index (χ1v) is 3.67. The van der Waals surface area contributed by atoms with Crippen LogP contribution in [-0.4, -0.2) is 22.8 Å². The number of hydrogen-bond acceptors (Lipinski definition) is 3. The minimum Gasteiger partial charge on any atom is -0.357 e. The van der Waals surface area contributed by atoms with Gasteiger partial charge in [0.15, 0.2) is 12.1 Å². The molecule has 13 heavy (non-hydrogen) atoms. The van der Waals surface area contributed by atoms with Gasteiger partial charge in [0.2, 0.25) is 5.78 Å². The van der Waals surface area contributed by atoms with Crippen LogP contribution >= 0.6 is 0 Å². The van der Waals surface area contributed by atoms with Gasteiger partial charge >= 0.3 is 0 Å². The van der Waals surface area contributed by atoms with Crippen molar-refractivity contribution in [2.45, 2.75) is 0 Å². The standard InChI is InChI=1S/C9H5NO3/c11-4-5-3-10-9-7(13)2-1-6(12)8(5)9/h1-4,10H. The highest BCUT2D eigenvalue weighted by molar-refractivity contribution is 6.23. The molecule has 0 fully saturated rings. The quantitative estimate of drug-likeness (QED) is 0.641. The number of hydrogen-bond donors (Lipinski definition) is 1. The lowest BCUT2D eigenvalue weighted by atomic mass is 9.99. The summed E-state index contributed by atoms with van der Waals surface area (Å²) in [4.78, 5) is 35.5. The van der Waals surface area contributed by atoms with Crippen molar-refractivity contribution in [2.24, 2.45) is 0 Å². The monoisotopic (exact) mass is 175 g/mol. The Balaban J connectivity index is 2.71. The smallest absolute Gasteiger partial charge is 0.202 e. The molecule has 1 aromatic rings. The molecule has 1 aliphatic rings. The molecule has 1 N–H and O–H groups in total. The summed E-state index contributed by atoms with van der Waals surface area (Å²) in [5.41, 5.74) is 0.620. The highest BCUT2D eigenvalue weighted by Gasteiger charge is 2.23. The zero-order chi connectivity index (χ0) is 9.42. The summed E-state index contributed by atoms with van der Waals surface area (Å²) < 4.78 is 0. The summed E-state index contributed by atoms with van der Waals surface area (Å²) in [5, 5.41) is 0. The fourth-order valence-corrected chi connectivity index (χ4v) is 1.31. The summed E-state index contributed by atoms with van der Waals surface area (Å²) in [6.45, 7) is 0. The maximum Gasteiger partial charge on any atom is 0.202 e. The Kier molecular flexibility index (Phi) is 1.48. The van der Waals surface area contributed by atoms with Gasteiger partial charge in [0.25, 0.3) is 0 Å². The fraction of sp³-hybridized carbons (Fsp3) is 0. The SMILES string of the molecule is O=Cc1c[nH]c2c1C(=O)C=CC2=O. The molecule has 64 valence electrons. The molecule has 0 aliphatic heterocycles. The minimum absolute atomic E-state index is 0.183. The second-order valence-electron chi connectivity index (χ2n) is 2.67. The number of aromatic nitrogens is 1. The molecule has 1 aromatic heterocycles. The van der Waals surface area contributed by atoms with Crippen LogP contribution in [0, 0.1) is 0 Å². The van der Waals surface area contributed by atoms with E-state index < -0.39 is 0 Å². The van der Waals surface area contributed by atoms with Gasteiger partial charge in [0, 0.05) is 11.8 Å². The van der Waals surface area contributed by atoms with Crippen molar-refractivity contribution in [1.82, 2.24) is 4.98 Å². The molecule has 0 saturated heterocycles. The molecule has 4 nitrogen and oxygen atoms in total. The van der Waals surface area contributed by atoms with Gasteiger partial charge in [-0.15, -0.1) is 0 Å². The van der Waals surface area contributed by atoms with Crippen LogP contribution in [0.1, 0.15) is 31.2 Å². The van der Waals surface area contributed by atoms with Crippen LogP contribution in [0.5, 0.6) is 0 Å². The Hall–Kier alpha value is -1.97. The average Bonchev–Trinajstić information content (AvgIpc) is 2.56. The van der Waals surface area contributed by atoms with Crippen molar-refractivity contribution >= 4 is 17.9 Å². The predicted molar refractivity (Wildman–Crippen MR) is 44.0 cm³/mol. The van der Waals surface area contributed by atoms with E-state index in [0.717, 1.165) is 0 Å². The Morgan fingerprint density at radius 3 is 2.54 bits per heavy atom. The first-order chi connectivity index (χ1) is 6.24. The number of allylic oxidation sites excluding steroid dienone is 2. The van der Waals surface area contributed by atoms with Gasteiger partial charge in [0.05, 0.1) is 11.3 Å². The number of aromatic amines is 1. The summed E-state index contributed by atoms with van der Waals surface area (Å²) >= 11 is 0. The lowest BCUT2D eigenvalue weighted by Crippen LogP contribution is -2.11. The third-order valence-electron chi connectivity index (χ3n) is 1.92. The molecule has 0 bridgehead atoms. The number of ketones is 2. The number of rotatable bonds is 1. The maximum absolute atomic E-state index is 11.3. The van der Waals surface area contributed by atoms with Crippen LogP contribution < -0.4 is 0 Å². The molecule has 1 aliphatic carbocycles. The maximum atomic E-state index is 11.3. The molecule has 0 spiro atoms. The van der Waals surface area contributed by atoms with Gasteiger partial charge < -0.3 is 4.98 Å². The second kappa shape index (κ2) is 2.52. The van der Waals surface area contributed by atoms with Gasteiger partial charge in [-0.25, -0.2) is 0 Å². The molecule has 0 atom stereocenters. The normalized spacial score (nSPS) is 14.5. The molecule has 0 amide bonds. The lowest BCUT2D eigenvalue weighted by molar-refractivity contribution is 0.0989. The zero-order valence-electron chi connectivity index (χ0n) is 6.53. The van der Waals surface area contributed by atoms with Crippen LogP contribution in [0.4, 0.5) is 0 Å². The van der Waals surface area contributed by atoms with Crippen molar-refractivity contribution in [3.05, 3.63) is 35.2 Å². The molecule has 4 heteroatoms. The number of carbonyl (C=O) groups excluding carboxylic acids is 3. The second-order valence-corrected chi connectivity index (χ2v) is 2.67. The molecule has 0 saturated carbocycles. The topological polar surface area (TPSA) is 67.0 Å². The molecule has 1 heterocycles. The third kappa shape index (κ3) is 0.955. The van der Waals surface area contributed by atoms with Crippen molar-refractivity contribution < 1.29 is 14.4 Å². The van der Waals surface area contributed by atoms with Crippen molar-refractivity contribution in [3.8, 4) is 0 Å². The van der Waals surface area contributed by atoms with Crippen LogP contribution in [-0.2, 0) is 0 Å². The van der Waals surface area contributed by atoms with Crippen LogP contribution in [0.15, 0.2) is 18.3 Å². The van der Waals surface area contributed by atoms with Crippen molar-refractivity contribution in [1.29, 1.82) is 0 Å². The van der Waals surface area contributed by atoms with E-state index in [4.69, 9.17) is 0 Å². The number of aldehydes is 1. The fourth-order valence-electron chi connectivity index (χ4n) is 1.31. The van der Waals surface area contributed by atoms with Gasteiger partial charge in [-0.1, -0.05) is 0 Å². The zero-order valence-corrected chi connectivity index (χ0v) is 6.53. The predicted octanol–water partition coefficient (Wildman–Crippen LogP) is 0.762. The Morgan fingerprint density at radius 2 is 1.85 bits per heavy atom. The number of carbonyl (C=O) groups is 3. The van der Waals surface area contributed by atoms with Crippen LogP contribution in [0.25, 0.3) is 0 Å². The molecular formula is C9H5NO3. The van der Waals surface area contributed by atoms with E-state index in [1.165, 1.54) is 18.3 Å². The van der Waals surface area contributed by atoms with Crippen molar-refractivity contribution in [2.75, 3.05) is 0 Å². The Morgan fingerprint density at radius 1 is 1.15 bits per heavy atom. The van der Waals surface area contributed by atoms with Crippen molar-refractivity contribution in [3.63, 3.8) is 0 Å². The van der Waals surface area contributed by atoms with Gasteiger partial charge in [-0.3, -0.25) is 14.4 Å². The summed E-state index contributed by atoms with van der Waals surface area (Å²) in [5.74, 6) is -0.583. The highest BCUT2D eigenvalue weighted by atomic mass is 16.1. The molecule has 0 unspecified atom stereocenters. The number of nitrogens with one attached hydrogen (secondary N) is 1. The van der Waals surface area contributed by atoms with E-state index in [1.807, 2.05) is 0 Å². The van der Waals surface area contributed by atoms with Gasteiger partial charge in [-0.2, -0.15) is 0 Å². The van der Waals surface area contributed by atoms with Gasteiger partial charge in [-0.05, 0) is 12.2 Å². The van der Waals surface area contributed by atoms with Crippen LogP contribution in [0.3, 0.4) is 0 Å². The highest BCUT2D eigenvalue weighted by Crippen LogP contribution is 2.18. The van der Waals surface area contributed by atoms with E-state index in [1.54, 1.807) is 0 Å². The number of H-pyrrole nitrogens is 1. The van der Waals surface area contributed by atoms with E-state index in [-0.39, 0.29) is 28.4 Å². The third-order valence-corrected chi connectivity index (χ3v) is 1.92. The molecule has 2 rings (SSSR count). The largest absolute Gasteiger partial charge is 0.357 e. The summed E-state index contributed by atoms with van der Waals surface area (Å²) in [7, 11) is 0. The van der Waals surface area contributed by atoms with E-state index in [2.05, 4.69) is 4.98 Å². The Bertz CT molecular complexity index is 440. The van der Waals surface area contributed by atoms with E-state index in [9.17, 15) is 14.4 Å².